The topological polar surface area (TPSA) is 51.2 Å². The second-order valence-corrected chi connectivity index (χ2v) is 5.51. The van der Waals surface area contributed by atoms with Gasteiger partial charge in [-0.1, -0.05) is 15.9 Å². The molecule has 0 aromatic heterocycles. The van der Waals surface area contributed by atoms with Gasteiger partial charge in [-0.05, 0) is 18.2 Å². The van der Waals surface area contributed by atoms with Crippen molar-refractivity contribution < 1.29 is 17.6 Å². The van der Waals surface area contributed by atoms with E-state index in [1.54, 1.807) is 0 Å². The lowest BCUT2D eigenvalue weighted by atomic mass is 10.1. The van der Waals surface area contributed by atoms with E-state index < -0.39 is 21.4 Å². The maximum Gasteiger partial charge on any atom is 0.176 e. The molecule has 0 aliphatic rings. The van der Waals surface area contributed by atoms with Gasteiger partial charge in [-0.2, -0.15) is 0 Å². The number of Topliss-reactive ketones (excluding diaryl/α,β-unsaturated/α-hetero) is 1. The van der Waals surface area contributed by atoms with Crippen molar-refractivity contribution >= 4 is 31.6 Å². The Hall–Kier alpha value is -0.750. The standard InChI is InChI=1S/C9H8BrFO3S/c1-15(13,14)9-3-2-6(11)4-7(9)8(12)5-10/h2-4H,5H2,1H3. The summed E-state index contributed by atoms with van der Waals surface area (Å²) in [6.45, 7) is 0. The van der Waals surface area contributed by atoms with Gasteiger partial charge < -0.3 is 0 Å². The molecular formula is C9H8BrFO3S. The zero-order chi connectivity index (χ0) is 11.6. The lowest BCUT2D eigenvalue weighted by Crippen LogP contribution is -2.09. The Morgan fingerprint density at radius 2 is 2.07 bits per heavy atom. The third-order valence-corrected chi connectivity index (χ3v) is 3.43. The number of sulfone groups is 1. The summed E-state index contributed by atoms with van der Waals surface area (Å²) in [5.74, 6) is -1.10. The lowest BCUT2D eigenvalue weighted by Gasteiger charge is -2.05. The molecule has 0 saturated heterocycles. The van der Waals surface area contributed by atoms with Gasteiger partial charge in [-0.3, -0.25) is 4.79 Å². The van der Waals surface area contributed by atoms with Crippen molar-refractivity contribution in [3.05, 3.63) is 29.6 Å². The van der Waals surface area contributed by atoms with Gasteiger partial charge in [0, 0.05) is 11.8 Å². The van der Waals surface area contributed by atoms with E-state index in [2.05, 4.69) is 15.9 Å². The largest absolute Gasteiger partial charge is 0.293 e. The molecule has 0 atom stereocenters. The van der Waals surface area contributed by atoms with E-state index in [1.807, 2.05) is 0 Å². The van der Waals surface area contributed by atoms with Crippen LogP contribution in [0, 0.1) is 5.82 Å². The van der Waals surface area contributed by atoms with Gasteiger partial charge in [0.1, 0.15) is 5.82 Å². The zero-order valence-corrected chi connectivity index (χ0v) is 10.2. The minimum Gasteiger partial charge on any atom is -0.293 e. The number of rotatable bonds is 3. The number of hydrogen-bond donors (Lipinski definition) is 0. The Bertz CT molecular complexity index is 496. The maximum atomic E-state index is 12.9. The van der Waals surface area contributed by atoms with Crippen molar-refractivity contribution in [2.24, 2.45) is 0 Å². The molecule has 82 valence electrons. The second kappa shape index (κ2) is 4.40. The second-order valence-electron chi connectivity index (χ2n) is 2.97. The van der Waals surface area contributed by atoms with Crippen molar-refractivity contribution in [1.82, 2.24) is 0 Å². The summed E-state index contributed by atoms with van der Waals surface area (Å²) in [6.07, 6.45) is 0.977. The fourth-order valence-electron chi connectivity index (χ4n) is 1.12. The molecule has 0 aliphatic carbocycles. The van der Waals surface area contributed by atoms with Gasteiger partial charge >= 0.3 is 0 Å². The summed E-state index contributed by atoms with van der Waals surface area (Å²) < 4.78 is 35.5. The summed E-state index contributed by atoms with van der Waals surface area (Å²) in [6, 6.07) is 3.04. The summed E-state index contributed by atoms with van der Waals surface area (Å²) >= 11 is 2.91. The van der Waals surface area contributed by atoms with E-state index in [4.69, 9.17) is 0 Å². The molecule has 15 heavy (non-hydrogen) atoms. The molecular weight excluding hydrogens is 287 g/mol. The molecule has 3 nitrogen and oxygen atoms in total. The monoisotopic (exact) mass is 294 g/mol. The molecule has 0 fully saturated rings. The molecule has 6 heteroatoms. The number of ketones is 1. The van der Waals surface area contributed by atoms with Gasteiger partial charge in [-0.25, -0.2) is 12.8 Å². The highest BCUT2D eigenvalue weighted by Gasteiger charge is 2.18. The molecule has 0 unspecified atom stereocenters. The van der Waals surface area contributed by atoms with E-state index in [9.17, 15) is 17.6 Å². The number of halogens is 2. The first kappa shape index (κ1) is 12.3. The Morgan fingerprint density at radius 1 is 1.47 bits per heavy atom. The van der Waals surface area contributed by atoms with Crippen molar-refractivity contribution in [2.75, 3.05) is 11.6 Å². The third-order valence-electron chi connectivity index (χ3n) is 1.76. The molecule has 1 rings (SSSR count). The smallest absolute Gasteiger partial charge is 0.176 e. The van der Waals surface area contributed by atoms with E-state index >= 15 is 0 Å². The van der Waals surface area contributed by atoms with Crippen LogP contribution in [0.3, 0.4) is 0 Å². The number of hydrogen-bond acceptors (Lipinski definition) is 3. The summed E-state index contributed by atoms with van der Waals surface area (Å²) in [7, 11) is -3.51. The third kappa shape index (κ3) is 2.85. The van der Waals surface area contributed by atoms with E-state index in [-0.39, 0.29) is 15.8 Å². The van der Waals surface area contributed by atoms with Crippen LogP contribution in [-0.4, -0.2) is 25.8 Å². The predicted octanol–water partition coefficient (Wildman–Crippen LogP) is 1.81. The first-order valence-electron chi connectivity index (χ1n) is 3.95. The fraction of sp³-hybridized carbons (Fsp3) is 0.222. The van der Waals surface area contributed by atoms with Gasteiger partial charge in [0.05, 0.1) is 10.2 Å². The van der Waals surface area contributed by atoms with Crippen molar-refractivity contribution in [3.63, 3.8) is 0 Å². The summed E-state index contributed by atoms with van der Waals surface area (Å²) in [5.41, 5.74) is -0.116. The predicted molar refractivity (Wildman–Crippen MR) is 57.6 cm³/mol. The Balaban J connectivity index is 3.47. The van der Waals surface area contributed by atoms with Crippen molar-refractivity contribution in [2.45, 2.75) is 4.90 Å². The normalized spacial score (nSPS) is 11.4. The average Bonchev–Trinajstić information content (AvgIpc) is 2.14. The van der Waals surface area contributed by atoms with Crippen molar-refractivity contribution in [3.8, 4) is 0 Å². The summed E-state index contributed by atoms with van der Waals surface area (Å²) in [5, 5.41) is -0.0427. The summed E-state index contributed by atoms with van der Waals surface area (Å²) in [4.78, 5) is 11.2. The molecule has 0 spiro atoms. The number of alkyl halides is 1. The van der Waals surface area contributed by atoms with Gasteiger partial charge in [-0.15, -0.1) is 0 Å². The van der Waals surface area contributed by atoms with Crippen molar-refractivity contribution in [1.29, 1.82) is 0 Å². The Labute approximate surface area is 95.3 Å². The van der Waals surface area contributed by atoms with Crippen LogP contribution in [0.1, 0.15) is 10.4 Å². The van der Waals surface area contributed by atoms with E-state index in [0.29, 0.717) is 0 Å². The lowest BCUT2D eigenvalue weighted by molar-refractivity contribution is 0.102. The van der Waals surface area contributed by atoms with Crippen LogP contribution >= 0.6 is 15.9 Å². The molecule has 0 bridgehead atoms. The Morgan fingerprint density at radius 3 is 2.53 bits per heavy atom. The quantitative estimate of drug-likeness (QED) is 0.485. The Kier molecular flexibility index (Phi) is 3.62. The highest BCUT2D eigenvalue weighted by Crippen LogP contribution is 2.18. The molecule has 1 aromatic carbocycles. The molecule has 1 aromatic rings. The molecule has 0 radical (unpaired) electrons. The zero-order valence-electron chi connectivity index (χ0n) is 7.83. The van der Waals surface area contributed by atoms with Crippen LogP contribution in [0.5, 0.6) is 0 Å². The SMILES string of the molecule is CS(=O)(=O)c1ccc(F)cc1C(=O)CBr. The number of carbonyl (C=O) groups is 1. The van der Waals surface area contributed by atoms with E-state index in [1.165, 1.54) is 0 Å². The van der Waals surface area contributed by atoms with Crippen LogP contribution in [-0.2, 0) is 9.84 Å². The van der Waals surface area contributed by atoms with Crippen LogP contribution < -0.4 is 0 Å². The van der Waals surface area contributed by atoms with Crippen LogP contribution in [0.4, 0.5) is 4.39 Å². The van der Waals surface area contributed by atoms with Crippen LogP contribution in [0.25, 0.3) is 0 Å². The first-order valence-corrected chi connectivity index (χ1v) is 6.96. The fourth-order valence-corrected chi connectivity index (χ4v) is 2.30. The van der Waals surface area contributed by atoms with Gasteiger partial charge in [0.25, 0.3) is 0 Å². The number of benzene rings is 1. The molecule has 0 amide bonds. The molecule has 0 heterocycles. The molecule has 0 N–H and O–H groups in total. The molecule has 0 aliphatic heterocycles. The minimum absolute atomic E-state index is 0.0427. The van der Waals surface area contributed by atoms with Gasteiger partial charge in [0.15, 0.2) is 15.6 Å². The first-order chi connectivity index (χ1) is 6.86. The minimum atomic E-state index is -3.51. The van der Waals surface area contributed by atoms with Gasteiger partial charge in [0.2, 0.25) is 0 Å². The highest BCUT2D eigenvalue weighted by molar-refractivity contribution is 9.09. The average molecular weight is 295 g/mol. The van der Waals surface area contributed by atoms with Crippen LogP contribution in [0.15, 0.2) is 23.1 Å². The highest BCUT2D eigenvalue weighted by atomic mass is 79.9. The maximum absolute atomic E-state index is 12.9. The number of carbonyl (C=O) groups excluding carboxylic acids is 1. The molecule has 0 saturated carbocycles. The van der Waals surface area contributed by atoms with Crippen LogP contribution in [0.2, 0.25) is 0 Å². The van der Waals surface area contributed by atoms with E-state index in [0.717, 1.165) is 24.5 Å².